The van der Waals surface area contributed by atoms with Gasteiger partial charge in [0.2, 0.25) is 0 Å². The summed E-state index contributed by atoms with van der Waals surface area (Å²) >= 11 is 0. The number of ether oxygens (including phenoxy) is 1. The van der Waals surface area contributed by atoms with Crippen molar-refractivity contribution in [2.45, 2.75) is 24.8 Å². The lowest BCUT2D eigenvalue weighted by Gasteiger charge is -2.38. The van der Waals surface area contributed by atoms with E-state index in [0.717, 1.165) is 22.9 Å². The number of pyridine rings is 1. The average molecular weight is 272 g/mol. The van der Waals surface area contributed by atoms with Gasteiger partial charge in [0, 0.05) is 11.6 Å². The molecule has 5 heteroatoms. The summed E-state index contributed by atoms with van der Waals surface area (Å²) in [4.78, 5) is 15.8. The molecule has 1 saturated carbocycles. The summed E-state index contributed by atoms with van der Waals surface area (Å²) in [6, 6.07) is 7.59. The maximum Gasteiger partial charge on any atom is 0.329 e. The van der Waals surface area contributed by atoms with E-state index >= 15 is 0 Å². The molecular weight excluding hydrogens is 256 g/mol. The normalized spacial score (nSPS) is 16.4. The molecule has 20 heavy (non-hydrogen) atoms. The molecular formula is C15H16N2O3. The standard InChI is InChI=1S/C15H16N2O3/c1-20-11-4-3-10-5-8-16-13(12(10)9-11)17-15(14(18)19)6-2-7-15/h3-5,8-9H,2,6-7H2,1H3,(H,16,17)(H,18,19). The molecule has 1 aromatic carbocycles. The first-order valence-corrected chi connectivity index (χ1v) is 6.59. The van der Waals surface area contributed by atoms with Gasteiger partial charge in [-0.25, -0.2) is 9.78 Å². The van der Waals surface area contributed by atoms with Crippen LogP contribution in [0.1, 0.15) is 19.3 Å². The molecule has 1 aliphatic rings. The van der Waals surface area contributed by atoms with E-state index < -0.39 is 11.5 Å². The van der Waals surface area contributed by atoms with Gasteiger partial charge in [-0.2, -0.15) is 0 Å². The topological polar surface area (TPSA) is 71.5 Å². The van der Waals surface area contributed by atoms with Gasteiger partial charge < -0.3 is 15.2 Å². The number of aliphatic carboxylic acids is 1. The smallest absolute Gasteiger partial charge is 0.329 e. The van der Waals surface area contributed by atoms with Crippen LogP contribution in [0.4, 0.5) is 5.82 Å². The Kier molecular flexibility index (Phi) is 2.97. The SMILES string of the molecule is COc1ccc2ccnc(NC3(C(=O)O)CCC3)c2c1. The number of methoxy groups -OCH3 is 1. The lowest BCUT2D eigenvalue weighted by Crippen LogP contribution is -2.52. The highest BCUT2D eigenvalue weighted by Crippen LogP contribution is 2.37. The molecule has 0 bridgehead atoms. The predicted molar refractivity (Wildman–Crippen MR) is 76.1 cm³/mol. The highest BCUT2D eigenvalue weighted by atomic mass is 16.5. The molecule has 0 amide bonds. The van der Waals surface area contributed by atoms with Gasteiger partial charge >= 0.3 is 5.97 Å². The number of benzene rings is 1. The molecule has 0 aliphatic heterocycles. The average Bonchev–Trinajstić information content (AvgIpc) is 2.42. The van der Waals surface area contributed by atoms with Crippen molar-refractivity contribution in [1.82, 2.24) is 4.98 Å². The van der Waals surface area contributed by atoms with Crippen LogP contribution in [0.15, 0.2) is 30.5 Å². The summed E-state index contributed by atoms with van der Waals surface area (Å²) in [5.41, 5.74) is -0.871. The minimum atomic E-state index is -0.871. The number of aromatic nitrogens is 1. The molecule has 0 spiro atoms. The lowest BCUT2D eigenvalue weighted by atomic mass is 9.76. The Morgan fingerprint density at radius 2 is 2.20 bits per heavy atom. The Morgan fingerprint density at radius 3 is 2.80 bits per heavy atom. The molecule has 3 rings (SSSR count). The highest BCUT2D eigenvalue weighted by Gasteiger charge is 2.44. The number of nitrogens with one attached hydrogen (secondary N) is 1. The molecule has 1 fully saturated rings. The zero-order valence-corrected chi connectivity index (χ0v) is 11.2. The van der Waals surface area contributed by atoms with E-state index in [0.29, 0.717) is 18.7 Å². The summed E-state index contributed by atoms with van der Waals surface area (Å²) in [6.07, 6.45) is 3.87. The summed E-state index contributed by atoms with van der Waals surface area (Å²) in [6.45, 7) is 0. The van der Waals surface area contributed by atoms with Gasteiger partial charge in [0.1, 0.15) is 17.1 Å². The van der Waals surface area contributed by atoms with E-state index in [9.17, 15) is 9.90 Å². The lowest BCUT2D eigenvalue weighted by molar-refractivity contribution is -0.145. The van der Waals surface area contributed by atoms with Crippen molar-refractivity contribution in [3.05, 3.63) is 30.5 Å². The molecule has 5 nitrogen and oxygen atoms in total. The quantitative estimate of drug-likeness (QED) is 0.895. The number of anilines is 1. The van der Waals surface area contributed by atoms with E-state index in [-0.39, 0.29) is 0 Å². The Morgan fingerprint density at radius 1 is 1.40 bits per heavy atom. The van der Waals surface area contributed by atoms with E-state index in [1.165, 1.54) is 0 Å². The van der Waals surface area contributed by atoms with Crippen molar-refractivity contribution >= 4 is 22.6 Å². The summed E-state index contributed by atoms with van der Waals surface area (Å²) in [5.74, 6) is 0.514. The van der Waals surface area contributed by atoms with Gasteiger partial charge in [-0.15, -0.1) is 0 Å². The molecule has 1 aromatic heterocycles. The molecule has 0 unspecified atom stereocenters. The maximum absolute atomic E-state index is 11.5. The first-order chi connectivity index (χ1) is 9.64. The number of hydrogen-bond donors (Lipinski definition) is 2. The maximum atomic E-state index is 11.5. The number of carboxylic acids is 1. The van der Waals surface area contributed by atoms with Crippen molar-refractivity contribution < 1.29 is 14.6 Å². The van der Waals surface area contributed by atoms with E-state index in [1.807, 2.05) is 24.3 Å². The fourth-order valence-corrected chi connectivity index (χ4v) is 2.52. The number of nitrogens with zero attached hydrogens (tertiary/aromatic N) is 1. The van der Waals surface area contributed by atoms with E-state index in [4.69, 9.17) is 4.74 Å². The number of fused-ring (bicyclic) bond motifs is 1. The van der Waals surface area contributed by atoms with Gasteiger partial charge in [0.25, 0.3) is 0 Å². The summed E-state index contributed by atoms with van der Waals surface area (Å²) in [5, 5.41) is 14.4. The zero-order valence-electron chi connectivity index (χ0n) is 11.2. The third-order valence-corrected chi connectivity index (χ3v) is 3.95. The second-order valence-electron chi connectivity index (χ2n) is 5.11. The first-order valence-electron chi connectivity index (χ1n) is 6.59. The van der Waals surface area contributed by atoms with Crippen molar-refractivity contribution in [2.75, 3.05) is 12.4 Å². The van der Waals surface area contributed by atoms with Crippen molar-refractivity contribution in [2.24, 2.45) is 0 Å². The number of carboxylic acid groups (broad SMARTS) is 1. The molecule has 0 saturated heterocycles. The Balaban J connectivity index is 2.04. The Bertz CT molecular complexity index is 665. The van der Waals surface area contributed by atoms with E-state index in [2.05, 4.69) is 10.3 Å². The molecule has 2 aromatic rings. The summed E-state index contributed by atoms with van der Waals surface area (Å²) < 4.78 is 5.22. The van der Waals surface area contributed by atoms with Crippen LogP contribution in [0.3, 0.4) is 0 Å². The minimum absolute atomic E-state index is 0.600. The zero-order chi connectivity index (χ0) is 14.2. The van der Waals surface area contributed by atoms with Gasteiger partial charge in [0.05, 0.1) is 7.11 Å². The fourth-order valence-electron chi connectivity index (χ4n) is 2.52. The molecule has 1 aliphatic carbocycles. The van der Waals surface area contributed by atoms with Gasteiger partial charge in [-0.1, -0.05) is 6.07 Å². The van der Waals surface area contributed by atoms with Crippen LogP contribution >= 0.6 is 0 Å². The van der Waals surface area contributed by atoms with Crippen LogP contribution in [0.2, 0.25) is 0 Å². The monoisotopic (exact) mass is 272 g/mol. The molecule has 0 atom stereocenters. The van der Waals surface area contributed by atoms with Gasteiger partial charge in [-0.05, 0) is 42.8 Å². The van der Waals surface area contributed by atoms with Crippen LogP contribution in [0.25, 0.3) is 10.8 Å². The highest BCUT2D eigenvalue weighted by molar-refractivity contribution is 5.95. The third-order valence-electron chi connectivity index (χ3n) is 3.95. The number of carbonyl (C=O) groups is 1. The second-order valence-corrected chi connectivity index (χ2v) is 5.11. The molecule has 2 N–H and O–H groups in total. The number of rotatable bonds is 4. The predicted octanol–water partition coefficient (Wildman–Crippen LogP) is 2.66. The van der Waals surface area contributed by atoms with Gasteiger partial charge in [-0.3, -0.25) is 0 Å². The van der Waals surface area contributed by atoms with Crippen LogP contribution in [0.5, 0.6) is 5.75 Å². The minimum Gasteiger partial charge on any atom is -0.497 e. The van der Waals surface area contributed by atoms with Crippen LogP contribution in [-0.2, 0) is 4.79 Å². The first kappa shape index (κ1) is 12.7. The van der Waals surface area contributed by atoms with Gasteiger partial charge in [0.15, 0.2) is 0 Å². The van der Waals surface area contributed by atoms with Crippen molar-refractivity contribution in [3.8, 4) is 5.75 Å². The molecule has 0 radical (unpaired) electrons. The van der Waals surface area contributed by atoms with Crippen molar-refractivity contribution in [3.63, 3.8) is 0 Å². The fraction of sp³-hybridized carbons (Fsp3) is 0.333. The Labute approximate surface area is 116 Å². The van der Waals surface area contributed by atoms with Crippen LogP contribution < -0.4 is 10.1 Å². The van der Waals surface area contributed by atoms with Crippen molar-refractivity contribution in [1.29, 1.82) is 0 Å². The van der Waals surface area contributed by atoms with Crippen LogP contribution in [0, 0.1) is 0 Å². The summed E-state index contributed by atoms with van der Waals surface area (Å²) in [7, 11) is 1.61. The second kappa shape index (κ2) is 4.67. The third kappa shape index (κ3) is 1.95. The largest absolute Gasteiger partial charge is 0.497 e. The number of hydrogen-bond acceptors (Lipinski definition) is 4. The molecule has 104 valence electrons. The molecule has 1 heterocycles. The van der Waals surface area contributed by atoms with Crippen LogP contribution in [-0.4, -0.2) is 28.7 Å². The van der Waals surface area contributed by atoms with E-state index in [1.54, 1.807) is 13.3 Å². The Hall–Kier alpha value is -2.30.